The van der Waals surface area contributed by atoms with Crippen molar-refractivity contribution in [3.63, 3.8) is 0 Å². The fourth-order valence-corrected chi connectivity index (χ4v) is 2.58. The highest BCUT2D eigenvalue weighted by atomic mass is 15.3. The summed E-state index contributed by atoms with van der Waals surface area (Å²) < 4.78 is 1.74. The van der Waals surface area contributed by atoms with Crippen LogP contribution in [0.3, 0.4) is 0 Å². The predicted molar refractivity (Wildman–Crippen MR) is 104 cm³/mol. The molecule has 0 saturated carbocycles. The van der Waals surface area contributed by atoms with Gasteiger partial charge < -0.3 is 10.6 Å². The summed E-state index contributed by atoms with van der Waals surface area (Å²) in [5.74, 6) is 0.837. The Hall–Kier alpha value is -3.15. The van der Waals surface area contributed by atoms with Crippen molar-refractivity contribution >= 4 is 5.96 Å². The summed E-state index contributed by atoms with van der Waals surface area (Å²) in [7, 11) is 0. The van der Waals surface area contributed by atoms with E-state index in [9.17, 15) is 0 Å². The van der Waals surface area contributed by atoms with Gasteiger partial charge in [-0.1, -0.05) is 42.5 Å². The predicted octanol–water partition coefficient (Wildman–Crippen LogP) is 2.57. The van der Waals surface area contributed by atoms with Gasteiger partial charge in [0, 0.05) is 13.1 Å². The summed E-state index contributed by atoms with van der Waals surface area (Å²) in [6, 6.07) is 18.6. The van der Waals surface area contributed by atoms with Gasteiger partial charge in [0.05, 0.1) is 12.2 Å². The Morgan fingerprint density at radius 1 is 1.00 bits per heavy atom. The fourth-order valence-electron chi connectivity index (χ4n) is 2.58. The molecule has 134 valence electrons. The highest BCUT2D eigenvalue weighted by Gasteiger charge is 2.00. The zero-order valence-electron chi connectivity index (χ0n) is 15.0. The molecule has 0 bridgehead atoms. The van der Waals surface area contributed by atoms with Crippen LogP contribution in [0.15, 0.2) is 72.2 Å². The minimum atomic E-state index is 0.623. The Balaban J connectivity index is 1.54. The van der Waals surface area contributed by atoms with Crippen LogP contribution in [0.25, 0.3) is 5.69 Å². The lowest BCUT2D eigenvalue weighted by Gasteiger charge is -2.11. The summed E-state index contributed by atoms with van der Waals surface area (Å²) in [6.45, 7) is 4.38. The SMILES string of the molecule is CCNC(=NCc1ccc(-n2cncn2)cc1)NCCc1ccccc1. The minimum Gasteiger partial charge on any atom is -0.357 e. The van der Waals surface area contributed by atoms with E-state index >= 15 is 0 Å². The Morgan fingerprint density at radius 3 is 2.50 bits per heavy atom. The summed E-state index contributed by atoms with van der Waals surface area (Å²) in [6.07, 6.45) is 4.19. The first-order valence-electron chi connectivity index (χ1n) is 8.85. The average molecular weight is 348 g/mol. The van der Waals surface area contributed by atoms with E-state index in [0.717, 1.165) is 36.7 Å². The monoisotopic (exact) mass is 348 g/mol. The van der Waals surface area contributed by atoms with Crippen molar-refractivity contribution in [2.24, 2.45) is 4.99 Å². The van der Waals surface area contributed by atoms with Crippen LogP contribution in [0.5, 0.6) is 0 Å². The highest BCUT2D eigenvalue weighted by Crippen LogP contribution is 2.09. The van der Waals surface area contributed by atoms with Crippen molar-refractivity contribution in [1.82, 2.24) is 25.4 Å². The molecule has 2 aromatic carbocycles. The quantitative estimate of drug-likeness (QED) is 0.509. The van der Waals surface area contributed by atoms with Gasteiger partial charge in [0.25, 0.3) is 0 Å². The van der Waals surface area contributed by atoms with E-state index in [2.05, 4.69) is 69.0 Å². The van der Waals surface area contributed by atoms with Crippen molar-refractivity contribution in [3.8, 4) is 5.69 Å². The van der Waals surface area contributed by atoms with Gasteiger partial charge in [-0.25, -0.2) is 14.7 Å². The Morgan fingerprint density at radius 2 is 1.81 bits per heavy atom. The van der Waals surface area contributed by atoms with Gasteiger partial charge in [-0.2, -0.15) is 5.10 Å². The Labute approximate surface area is 154 Å². The first-order valence-corrected chi connectivity index (χ1v) is 8.85. The van der Waals surface area contributed by atoms with Crippen LogP contribution in [0, 0.1) is 0 Å². The van der Waals surface area contributed by atoms with E-state index in [1.54, 1.807) is 11.0 Å². The molecule has 2 N–H and O–H groups in total. The Kier molecular flexibility index (Phi) is 6.36. The number of aliphatic imine (C=N–C) groups is 1. The van der Waals surface area contributed by atoms with Crippen LogP contribution < -0.4 is 10.6 Å². The van der Waals surface area contributed by atoms with Gasteiger partial charge >= 0.3 is 0 Å². The van der Waals surface area contributed by atoms with Gasteiger partial charge in [0.2, 0.25) is 0 Å². The second kappa shape index (κ2) is 9.36. The molecule has 0 aliphatic heterocycles. The summed E-state index contributed by atoms with van der Waals surface area (Å²) in [5, 5.41) is 10.8. The molecule has 0 saturated heterocycles. The summed E-state index contributed by atoms with van der Waals surface area (Å²) in [5.41, 5.74) is 3.46. The topological polar surface area (TPSA) is 67.1 Å². The molecule has 0 atom stereocenters. The lowest BCUT2D eigenvalue weighted by Crippen LogP contribution is -2.38. The molecule has 0 fully saturated rings. The van der Waals surface area contributed by atoms with Gasteiger partial charge in [-0.15, -0.1) is 0 Å². The third-order valence-electron chi connectivity index (χ3n) is 3.93. The normalized spacial score (nSPS) is 11.3. The fraction of sp³-hybridized carbons (Fsp3) is 0.250. The van der Waals surface area contributed by atoms with Gasteiger partial charge in [-0.05, 0) is 36.6 Å². The second-order valence-corrected chi connectivity index (χ2v) is 5.86. The molecule has 0 aliphatic carbocycles. The van der Waals surface area contributed by atoms with Crippen LogP contribution in [-0.4, -0.2) is 33.8 Å². The van der Waals surface area contributed by atoms with Gasteiger partial charge in [0.15, 0.2) is 5.96 Å². The lowest BCUT2D eigenvalue weighted by atomic mass is 10.1. The molecule has 3 aromatic rings. The molecule has 1 aromatic heterocycles. The third kappa shape index (κ3) is 5.17. The average Bonchev–Trinajstić information content (AvgIpc) is 3.22. The minimum absolute atomic E-state index is 0.623. The number of hydrogen-bond acceptors (Lipinski definition) is 3. The molecule has 0 unspecified atom stereocenters. The molecule has 0 aliphatic rings. The maximum absolute atomic E-state index is 4.67. The van der Waals surface area contributed by atoms with Gasteiger partial charge in [0.1, 0.15) is 12.7 Å². The van der Waals surface area contributed by atoms with E-state index in [0.29, 0.717) is 6.54 Å². The van der Waals surface area contributed by atoms with Crippen LogP contribution in [0.1, 0.15) is 18.1 Å². The smallest absolute Gasteiger partial charge is 0.191 e. The molecule has 1 heterocycles. The van der Waals surface area contributed by atoms with E-state index in [4.69, 9.17) is 0 Å². The second-order valence-electron chi connectivity index (χ2n) is 5.86. The first kappa shape index (κ1) is 17.7. The summed E-state index contributed by atoms with van der Waals surface area (Å²) in [4.78, 5) is 8.63. The van der Waals surface area contributed by atoms with E-state index in [1.807, 2.05) is 18.2 Å². The molecule has 6 heteroatoms. The van der Waals surface area contributed by atoms with Gasteiger partial charge in [-0.3, -0.25) is 0 Å². The lowest BCUT2D eigenvalue weighted by molar-refractivity contribution is 0.799. The third-order valence-corrected chi connectivity index (χ3v) is 3.93. The highest BCUT2D eigenvalue weighted by molar-refractivity contribution is 5.79. The number of nitrogens with one attached hydrogen (secondary N) is 2. The van der Waals surface area contributed by atoms with E-state index in [1.165, 1.54) is 11.9 Å². The van der Waals surface area contributed by atoms with Crippen LogP contribution >= 0.6 is 0 Å². The molecule has 3 rings (SSSR count). The van der Waals surface area contributed by atoms with Crippen molar-refractivity contribution in [2.45, 2.75) is 19.9 Å². The van der Waals surface area contributed by atoms with Crippen molar-refractivity contribution in [2.75, 3.05) is 13.1 Å². The number of rotatable bonds is 7. The van der Waals surface area contributed by atoms with E-state index < -0.39 is 0 Å². The number of benzene rings is 2. The maximum Gasteiger partial charge on any atom is 0.191 e. The number of aromatic nitrogens is 3. The van der Waals surface area contributed by atoms with Crippen LogP contribution in [0.4, 0.5) is 0 Å². The standard InChI is InChI=1S/C20H24N6/c1-2-22-20(23-13-12-17-6-4-3-5-7-17)24-14-18-8-10-19(11-9-18)26-16-21-15-25-26/h3-11,15-16H,2,12-14H2,1H3,(H2,22,23,24). The number of guanidine groups is 1. The zero-order valence-corrected chi connectivity index (χ0v) is 15.0. The number of hydrogen-bond donors (Lipinski definition) is 2. The molecule has 0 amide bonds. The number of nitrogens with zero attached hydrogens (tertiary/aromatic N) is 4. The first-order chi connectivity index (χ1) is 12.8. The molecular formula is C20H24N6. The van der Waals surface area contributed by atoms with Crippen molar-refractivity contribution < 1.29 is 0 Å². The molecule has 26 heavy (non-hydrogen) atoms. The molecule has 6 nitrogen and oxygen atoms in total. The Bertz CT molecular complexity index is 794. The largest absolute Gasteiger partial charge is 0.357 e. The van der Waals surface area contributed by atoms with E-state index in [-0.39, 0.29) is 0 Å². The van der Waals surface area contributed by atoms with Crippen LogP contribution in [-0.2, 0) is 13.0 Å². The maximum atomic E-state index is 4.67. The van der Waals surface area contributed by atoms with Crippen molar-refractivity contribution in [1.29, 1.82) is 0 Å². The molecular weight excluding hydrogens is 324 g/mol. The molecule has 0 spiro atoms. The van der Waals surface area contributed by atoms with Crippen LogP contribution in [0.2, 0.25) is 0 Å². The zero-order chi connectivity index (χ0) is 18.0. The molecule has 0 radical (unpaired) electrons. The van der Waals surface area contributed by atoms with Crippen molar-refractivity contribution in [3.05, 3.63) is 78.4 Å². The summed E-state index contributed by atoms with van der Waals surface area (Å²) >= 11 is 0.